The molecule has 0 aromatic carbocycles. The molecule has 1 aliphatic carbocycles. The zero-order chi connectivity index (χ0) is 11.6. The van der Waals surface area contributed by atoms with E-state index in [4.69, 9.17) is 0 Å². The molecule has 1 heterocycles. The van der Waals surface area contributed by atoms with E-state index in [0.717, 1.165) is 32.2 Å². The van der Waals surface area contributed by atoms with Crippen LogP contribution in [0.3, 0.4) is 0 Å². The van der Waals surface area contributed by atoms with Gasteiger partial charge in [0, 0.05) is 19.0 Å². The lowest BCUT2D eigenvalue weighted by Crippen LogP contribution is -2.50. The summed E-state index contributed by atoms with van der Waals surface area (Å²) < 4.78 is 0. The first-order valence-electron chi connectivity index (χ1n) is 6.60. The molecule has 0 radical (unpaired) electrons. The molecule has 3 nitrogen and oxygen atoms in total. The SMILES string of the molecule is CC1(O)CCCN(C(=O)C2CCCCC2)C1. The predicted octanol–water partition coefficient (Wildman–Crippen LogP) is 1.94. The Morgan fingerprint density at radius 1 is 1.25 bits per heavy atom. The van der Waals surface area contributed by atoms with Crippen LogP contribution in [0.15, 0.2) is 0 Å². The molecule has 1 aliphatic heterocycles. The molecule has 92 valence electrons. The predicted molar refractivity (Wildman–Crippen MR) is 63.0 cm³/mol. The minimum atomic E-state index is -0.664. The van der Waals surface area contributed by atoms with Crippen molar-refractivity contribution in [2.24, 2.45) is 5.92 Å². The van der Waals surface area contributed by atoms with Gasteiger partial charge >= 0.3 is 0 Å². The van der Waals surface area contributed by atoms with Crippen LogP contribution >= 0.6 is 0 Å². The van der Waals surface area contributed by atoms with E-state index in [1.54, 1.807) is 0 Å². The molecule has 1 unspecified atom stereocenters. The topological polar surface area (TPSA) is 40.5 Å². The number of rotatable bonds is 1. The lowest BCUT2D eigenvalue weighted by molar-refractivity contribution is -0.142. The first-order chi connectivity index (χ1) is 7.58. The average Bonchev–Trinajstić information content (AvgIpc) is 2.28. The summed E-state index contributed by atoms with van der Waals surface area (Å²) in [6.07, 6.45) is 7.53. The van der Waals surface area contributed by atoms with Crippen molar-refractivity contribution in [1.82, 2.24) is 4.90 Å². The first kappa shape index (κ1) is 11.9. The van der Waals surface area contributed by atoms with Crippen molar-refractivity contribution in [3.8, 4) is 0 Å². The molecule has 0 aromatic rings. The average molecular weight is 225 g/mol. The Hall–Kier alpha value is -0.570. The molecule has 16 heavy (non-hydrogen) atoms. The number of hydrogen-bond acceptors (Lipinski definition) is 2. The Labute approximate surface area is 97.8 Å². The van der Waals surface area contributed by atoms with Crippen LogP contribution in [0.2, 0.25) is 0 Å². The van der Waals surface area contributed by atoms with E-state index in [0.29, 0.717) is 12.5 Å². The van der Waals surface area contributed by atoms with Crippen LogP contribution < -0.4 is 0 Å². The summed E-state index contributed by atoms with van der Waals surface area (Å²) in [6, 6.07) is 0. The van der Waals surface area contributed by atoms with Gasteiger partial charge in [-0.05, 0) is 32.6 Å². The van der Waals surface area contributed by atoms with Crippen LogP contribution in [-0.4, -0.2) is 34.6 Å². The van der Waals surface area contributed by atoms with Crippen molar-refractivity contribution >= 4 is 5.91 Å². The van der Waals surface area contributed by atoms with Crippen LogP contribution in [0.5, 0.6) is 0 Å². The summed E-state index contributed by atoms with van der Waals surface area (Å²) in [6.45, 7) is 3.21. The zero-order valence-electron chi connectivity index (χ0n) is 10.2. The molecule has 0 spiro atoms. The fraction of sp³-hybridized carbons (Fsp3) is 0.923. The standard InChI is InChI=1S/C13H23NO2/c1-13(16)8-5-9-14(10-13)12(15)11-6-3-2-4-7-11/h11,16H,2-10H2,1H3. The maximum atomic E-state index is 12.3. The summed E-state index contributed by atoms with van der Waals surface area (Å²) >= 11 is 0. The van der Waals surface area contributed by atoms with E-state index in [9.17, 15) is 9.90 Å². The van der Waals surface area contributed by atoms with E-state index < -0.39 is 5.60 Å². The van der Waals surface area contributed by atoms with Gasteiger partial charge in [-0.2, -0.15) is 0 Å². The second-order valence-electron chi connectivity index (χ2n) is 5.70. The highest BCUT2D eigenvalue weighted by Crippen LogP contribution is 2.28. The van der Waals surface area contributed by atoms with Gasteiger partial charge in [-0.15, -0.1) is 0 Å². The van der Waals surface area contributed by atoms with Crippen LogP contribution in [-0.2, 0) is 4.79 Å². The highest BCUT2D eigenvalue weighted by atomic mass is 16.3. The molecule has 1 saturated heterocycles. The number of carbonyl (C=O) groups excluding carboxylic acids is 1. The molecule has 1 saturated carbocycles. The first-order valence-corrected chi connectivity index (χ1v) is 6.60. The molecule has 1 N–H and O–H groups in total. The normalized spacial score (nSPS) is 32.8. The van der Waals surface area contributed by atoms with Gasteiger partial charge in [0.15, 0.2) is 0 Å². The van der Waals surface area contributed by atoms with Gasteiger partial charge in [0.05, 0.1) is 5.60 Å². The molecule has 2 aliphatic rings. The Kier molecular flexibility index (Phi) is 3.53. The third-order valence-electron chi connectivity index (χ3n) is 3.94. The van der Waals surface area contributed by atoms with Crippen molar-refractivity contribution in [2.75, 3.05) is 13.1 Å². The van der Waals surface area contributed by atoms with Crippen LogP contribution in [0.1, 0.15) is 51.9 Å². The molecule has 2 fully saturated rings. The van der Waals surface area contributed by atoms with Gasteiger partial charge in [0.25, 0.3) is 0 Å². The Morgan fingerprint density at radius 3 is 2.56 bits per heavy atom. The van der Waals surface area contributed by atoms with Gasteiger partial charge in [0.2, 0.25) is 5.91 Å². The second-order valence-corrected chi connectivity index (χ2v) is 5.70. The summed E-state index contributed by atoms with van der Waals surface area (Å²) in [7, 11) is 0. The van der Waals surface area contributed by atoms with Crippen LogP contribution in [0.4, 0.5) is 0 Å². The van der Waals surface area contributed by atoms with E-state index in [-0.39, 0.29) is 5.92 Å². The molecule has 1 amide bonds. The molecule has 2 rings (SSSR count). The number of piperidine rings is 1. The number of β-amino-alcohol motifs (C(OH)–C–C–N with tert-alkyl or cyclic N) is 1. The maximum Gasteiger partial charge on any atom is 0.225 e. The summed E-state index contributed by atoms with van der Waals surface area (Å²) in [5.74, 6) is 0.530. The molecule has 0 bridgehead atoms. The highest BCUT2D eigenvalue weighted by molar-refractivity contribution is 5.79. The molecule has 0 aromatic heterocycles. The quantitative estimate of drug-likeness (QED) is 0.741. The van der Waals surface area contributed by atoms with Crippen molar-refractivity contribution < 1.29 is 9.90 Å². The number of aliphatic hydroxyl groups is 1. The van der Waals surface area contributed by atoms with Gasteiger partial charge in [-0.3, -0.25) is 4.79 Å². The molecular formula is C13H23NO2. The molecule has 1 atom stereocenters. The molecule has 3 heteroatoms. The summed E-state index contributed by atoms with van der Waals surface area (Å²) in [4.78, 5) is 14.1. The van der Waals surface area contributed by atoms with E-state index >= 15 is 0 Å². The van der Waals surface area contributed by atoms with Crippen molar-refractivity contribution in [3.05, 3.63) is 0 Å². The Balaban J connectivity index is 1.93. The molecular weight excluding hydrogens is 202 g/mol. The number of nitrogens with zero attached hydrogens (tertiary/aromatic N) is 1. The van der Waals surface area contributed by atoms with Crippen LogP contribution in [0, 0.1) is 5.92 Å². The largest absolute Gasteiger partial charge is 0.388 e. The van der Waals surface area contributed by atoms with Gasteiger partial charge < -0.3 is 10.0 Å². The second kappa shape index (κ2) is 4.74. The highest BCUT2D eigenvalue weighted by Gasteiger charge is 2.33. The Bertz CT molecular complexity index is 257. The number of carbonyl (C=O) groups is 1. The fourth-order valence-corrected chi connectivity index (χ4v) is 3.02. The smallest absolute Gasteiger partial charge is 0.225 e. The number of likely N-dealkylation sites (tertiary alicyclic amines) is 1. The minimum Gasteiger partial charge on any atom is -0.388 e. The van der Waals surface area contributed by atoms with Gasteiger partial charge in [-0.25, -0.2) is 0 Å². The lowest BCUT2D eigenvalue weighted by Gasteiger charge is -2.39. The number of amides is 1. The third-order valence-corrected chi connectivity index (χ3v) is 3.94. The van der Waals surface area contributed by atoms with Crippen molar-refractivity contribution in [2.45, 2.75) is 57.5 Å². The van der Waals surface area contributed by atoms with E-state index in [1.807, 2.05) is 11.8 Å². The van der Waals surface area contributed by atoms with Gasteiger partial charge in [0.1, 0.15) is 0 Å². The van der Waals surface area contributed by atoms with Crippen molar-refractivity contribution in [1.29, 1.82) is 0 Å². The van der Waals surface area contributed by atoms with E-state index in [2.05, 4.69) is 0 Å². The van der Waals surface area contributed by atoms with Crippen LogP contribution in [0.25, 0.3) is 0 Å². The minimum absolute atomic E-state index is 0.239. The summed E-state index contributed by atoms with van der Waals surface area (Å²) in [5, 5.41) is 10.00. The fourth-order valence-electron chi connectivity index (χ4n) is 3.02. The third kappa shape index (κ3) is 2.76. The zero-order valence-corrected chi connectivity index (χ0v) is 10.2. The van der Waals surface area contributed by atoms with Crippen molar-refractivity contribution in [3.63, 3.8) is 0 Å². The monoisotopic (exact) mass is 225 g/mol. The van der Waals surface area contributed by atoms with Gasteiger partial charge in [-0.1, -0.05) is 19.3 Å². The Morgan fingerprint density at radius 2 is 1.94 bits per heavy atom. The van der Waals surface area contributed by atoms with E-state index in [1.165, 1.54) is 19.3 Å². The lowest BCUT2D eigenvalue weighted by atomic mass is 9.87. The number of hydrogen-bond donors (Lipinski definition) is 1. The summed E-state index contributed by atoms with van der Waals surface area (Å²) in [5.41, 5.74) is -0.664. The maximum absolute atomic E-state index is 12.3.